The second-order valence-corrected chi connectivity index (χ2v) is 7.99. The minimum absolute atomic E-state index is 0.104. The molecule has 1 aliphatic heterocycles. The Balaban J connectivity index is 1.91. The second-order valence-electron chi connectivity index (χ2n) is 7.62. The Morgan fingerprint density at radius 1 is 1.07 bits per heavy atom. The molecule has 5 heteroatoms. The Labute approximate surface area is 180 Å². The minimum atomic E-state index is -0.634. The lowest BCUT2D eigenvalue weighted by Gasteiger charge is -2.19. The first-order chi connectivity index (χ1) is 14.4. The molecule has 0 saturated heterocycles. The van der Waals surface area contributed by atoms with Crippen LogP contribution in [0.1, 0.15) is 49.0 Å². The van der Waals surface area contributed by atoms with Gasteiger partial charge in [0.2, 0.25) is 0 Å². The number of fused-ring (bicyclic) bond motifs is 1. The van der Waals surface area contributed by atoms with Crippen molar-refractivity contribution in [3.8, 4) is 22.6 Å². The highest BCUT2D eigenvalue weighted by molar-refractivity contribution is 6.34. The van der Waals surface area contributed by atoms with E-state index in [0.717, 1.165) is 12.0 Å². The number of hydrogen-bond donors (Lipinski definition) is 0. The summed E-state index contributed by atoms with van der Waals surface area (Å²) in [7, 11) is 0. The third kappa shape index (κ3) is 3.43. The summed E-state index contributed by atoms with van der Waals surface area (Å²) < 4.78 is 42.0. The molecule has 3 aromatic carbocycles. The van der Waals surface area contributed by atoms with Crippen molar-refractivity contribution in [3.63, 3.8) is 0 Å². The summed E-state index contributed by atoms with van der Waals surface area (Å²) >= 11 is 6.43. The lowest BCUT2D eigenvalue weighted by molar-refractivity contribution is 0.215. The van der Waals surface area contributed by atoms with Gasteiger partial charge in [0, 0.05) is 28.7 Å². The highest BCUT2D eigenvalue weighted by Gasteiger charge is 2.37. The molecule has 2 nitrogen and oxygen atoms in total. The van der Waals surface area contributed by atoms with Crippen LogP contribution in [0.5, 0.6) is 11.5 Å². The van der Waals surface area contributed by atoms with E-state index in [1.807, 2.05) is 44.2 Å². The molecule has 0 bridgehead atoms. The van der Waals surface area contributed by atoms with E-state index in [4.69, 9.17) is 21.1 Å². The lowest BCUT2D eigenvalue weighted by atomic mass is 9.86. The smallest absolute Gasteiger partial charge is 0.173 e. The molecule has 0 aromatic heterocycles. The molecule has 0 saturated carbocycles. The predicted molar refractivity (Wildman–Crippen MR) is 116 cm³/mol. The van der Waals surface area contributed by atoms with Crippen molar-refractivity contribution in [3.05, 3.63) is 81.9 Å². The quantitative estimate of drug-likeness (QED) is 0.416. The Kier molecular flexibility index (Phi) is 5.70. The Morgan fingerprint density at radius 3 is 2.50 bits per heavy atom. The van der Waals surface area contributed by atoms with Gasteiger partial charge in [-0.2, -0.15) is 0 Å². The Bertz CT molecular complexity index is 1080. The van der Waals surface area contributed by atoms with Crippen LogP contribution < -0.4 is 9.47 Å². The van der Waals surface area contributed by atoms with Crippen molar-refractivity contribution >= 4 is 11.6 Å². The topological polar surface area (TPSA) is 18.5 Å². The molecule has 0 fully saturated rings. The molecule has 1 unspecified atom stereocenters. The molecule has 0 aliphatic carbocycles. The number of ether oxygens (including phenoxy) is 2. The van der Waals surface area contributed by atoms with E-state index in [2.05, 4.69) is 0 Å². The van der Waals surface area contributed by atoms with Gasteiger partial charge in [0.25, 0.3) is 0 Å². The van der Waals surface area contributed by atoms with Crippen molar-refractivity contribution in [1.82, 2.24) is 0 Å². The first kappa shape index (κ1) is 20.7. The number of hydrogen-bond acceptors (Lipinski definition) is 2. The monoisotopic (exact) mass is 428 g/mol. The molecule has 0 spiro atoms. The molecule has 1 heterocycles. The molecule has 156 valence electrons. The molecular formula is C25H23ClF2O2. The maximum Gasteiger partial charge on any atom is 0.173 e. The highest BCUT2D eigenvalue weighted by atomic mass is 35.5. The van der Waals surface area contributed by atoms with Gasteiger partial charge in [-0.25, -0.2) is 8.78 Å². The molecular weight excluding hydrogens is 406 g/mol. The number of halogens is 3. The summed E-state index contributed by atoms with van der Waals surface area (Å²) in [6.45, 7) is 6.12. The first-order valence-electron chi connectivity index (χ1n) is 10.1. The summed E-state index contributed by atoms with van der Waals surface area (Å²) in [4.78, 5) is 0. The van der Waals surface area contributed by atoms with Crippen LogP contribution in [0.25, 0.3) is 11.1 Å². The van der Waals surface area contributed by atoms with Crippen LogP contribution in [-0.2, 0) is 0 Å². The van der Waals surface area contributed by atoms with Gasteiger partial charge in [0.05, 0.1) is 11.6 Å². The Morgan fingerprint density at radius 2 is 1.80 bits per heavy atom. The molecule has 3 aromatic rings. The van der Waals surface area contributed by atoms with Crippen molar-refractivity contribution in [2.45, 2.75) is 39.2 Å². The summed E-state index contributed by atoms with van der Waals surface area (Å²) in [6, 6.07) is 14.4. The fourth-order valence-corrected chi connectivity index (χ4v) is 4.34. The number of benzene rings is 3. The van der Waals surface area contributed by atoms with E-state index in [1.54, 1.807) is 19.1 Å². The largest absolute Gasteiger partial charge is 0.491 e. The van der Waals surface area contributed by atoms with Crippen molar-refractivity contribution in [1.29, 1.82) is 0 Å². The van der Waals surface area contributed by atoms with Crippen LogP contribution in [0.15, 0.2) is 48.5 Å². The van der Waals surface area contributed by atoms with E-state index < -0.39 is 11.6 Å². The van der Waals surface area contributed by atoms with E-state index in [-0.39, 0.29) is 28.4 Å². The Hall–Kier alpha value is -2.59. The van der Waals surface area contributed by atoms with Gasteiger partial charge >= 0.3 is 0 Å². The molecule has 1 aliphatic rings. The predicted octanol–water partition coefficient (Wildman–Crippen LogP) is 7.62. The maximum absolute atomic E-state index is 15.5. The van der Waals surface area contributed by atoms with Crippen molar-refractivity contribution in [2.75, 3.05) is 6.61 Å². The van der Waals surface area contributed by atoms with Crippen LogP contribution in [0.2, 0.25) is 5.02 Å². The zero-order chi connectivity index (χ0) is 21.4. The van der Waals surface area contributed by atoms with E-state index in [9.17, 15) is 4.39 Å². The number of aryl methyl sites for hydroxylation is 1. The van der Waals surface area contributed by atoms with Gasteiger partial charge in [-0.15, -0.1) is 0 Å². The summed E-state index contributed by atoms with van der Waals surface area (Å²) in [5, 5.41) is -0.104. The maximum atomic E-state index is 15.5. The van der Waals surface area contributed by atoms with Crippen molar-refractivity contribution < 1.29 is 18.3 Å². The van der Waals surface area contributed by atoms with E-state index in [0.29, 0.717) is 29.0 Å². The molecule has 4 rings (SSSR count). The van der Waals surface area contributed by atoms with Gasteiger partial charge < -0.3 is 9.47 Å². The lowest BCUT2D eigenvalue weighted by Crippen LogP contribution is -2.07. The third-order valence-electron chi connectivity index (χ3n) is 5.54. The SMILES string of the molecule is CCCOc1ccc(C)c(-c2c(Cl)c(F)cc3c2[C@H](C)C(c2ccccc2)O3)c1F. The normalized spacial score (nSPS) is 17.5. The average Bonchev–Trinajstić information content (AvgIpc) is 3.06. The zero-order valence-electron chi connectivity index (χ0n) is 17.1. The van der Waals surface area contributed by atoms with E-state index in [1.165, 1.54) is 6.07 Å². The third-order valence-corrected chi connectivity index (χ3v) is 5.91. The summed E-state index contributed by atoms with van der Waals surface area (Å²) in [6.07, 6.45) is 0.447. The fourth-order valence-electron chi connectivity index (χ4n) is 4.08. The summed E-state index contributed by atoms with van der Waals surface area (Å²) in [5.74, 6) is -0.780. The van der Waals surface area contributed by atoms with E-state index >= 15 is 4.39 Å². The van der Waals surface area contributed by atoms with Crippen LogP contribution in [-0.4, -0.2) is 6.61 Å². The second kappa shape index (κ2) is 8.27. The van der Waals surface area contributed by atoms with Gasteiger partial charge in [-0.1, -0.05) is 61.8 Å². The molecule has 2 atom stereocenters. The van der Waals surface area contributed by atoms with Crippen LogP contribution in [0.4, 0.5) is 8.78 Å². The fraction of sp³-hybridized carbons (Fsp3) is 0.280. The standard InChI is InChI=1S/C25H23ClF2O2/c1-4-12-29-18-11-10-14(2)20(24(18)28)22-21-15(3)25(16-8-6-5-7-9-16)30-19(21)13-17(27)23(22)26/h5-11,13,15,25H,4,12H2,1-3H3/t15-,25?/m0/s1. The van der Waals surface area contributed by atoms with Crippen molar-refractivity contribution in [2.24, 2.45) is 0 Å². The molecule has 30 heavy (non-hydrogen) atoms. The van der Waals surface area contributed by atoms with Crippen LogP contribution >= 0.6 is 11.6 Å². The summed E-state index contributed by atoms with van der Waals surface area (Å²) in [5.41, 5.74) is 2.94. The van der Waals surface area contributed by atoms with Crippen LogP contribution in [0.3, 0.4) is 0 Å². The first-order valence-corrected chi connectivity index (χ1v) is 10.5. The molecule has 0 amide bonds. The van der Waals surface area contributed by atoms with Gasteiger partial charge in [0.15, 0.2) is 11.6 Å². The molecule has 0 radical (unpaired) electrons. The average molecular weight is 429 g/mol. The molecule has 0 N–H and O–H groups in total. The van der Waals surface area contributed by atoms with Gasteiger partial charge in [-0.05, 0) is 30.5 Å². The van der Waals surface area contributed by atoms with Gasteiger partial charge in [0.1, 0.15) is 17.7 Å². The van der Waals surface area contributed by atoms with Gasteiger partial charge in [-0.3, -0.25) is 0 Å². The minimum Gasteiger partial charge on any atom is -0.491 e. The zero-order valence-corrected chi connectivity index (χ0v) is 17.9. The van der Waals surface area contributed by atoms with Crippen LogP contribution in [0, 0.1) is 18.6 Å². The number of rotatable bonds is 5. The highest BCUT2D eigenvalue weighted by Crippen LogP contribution is 2.53.